The van der Waals surface area contributed by atoms with Crippen molar-refractivity contribution < 1.29 is 17.9 Å². The number of hydrogen-bond acceptors (Lipinski definition) is 5. The minimum atomic E-state index is -3.61. The van der Waals surface area contributed by atoms with Crippen molar-refractivity contribution in [3.63, 3.8) is 0 Å². The van der Waals surface area contributed by atoms with Gasteiger partial charge in [-0.1, -0.05) is 6.07 Å². The van der Waals surface area contributed by atoms with Crippen LogP contribution in [0.5, 0.6) is 0 Å². The van der Waals surface area contributed by atoms with E-state index in [0.29, 0.717) is 25.2 Å². The summed E-state index contributed by atoms with van der Waals surface area (Å²) < 4.78 is 32.7. The van der Waals surface area contributed by atoms with Gasteiger partial charge in [0.15, 0.2) is 0 Å². The summed E-state index contributed by atoms with van der Waals surface area (Å²) in [5, 5.41) is 2.77. The van der Waals surface area contributed by atoms with Gasteiger partial charge in [-0.15, -0.1) is 0 Å². The first-order valence-corrected chi connectivity index (χ1v) is 10.2. The Morgan fingerprint density at radius 1 is 1.15 bits per heavy atom. The Labute approximate surface area is 159 Å². The van der Waals surface area contributed by atoms with Crippen LogP contribution in [0.1, 0.15) is 29.9 Å². The molecule has 1 aliphatic rings. The van der Waals surface area contributed by atoms with Crippen molar-refractivity contribution in [3.05, 3.63) is 59.9 Å². The lowest BCUT2D eigenvalue weighted by Crippen LogP contribution is -2.48. The summed E-state index contributed by atoms with van der Waals surface area (Å²) in [5.41, 5.74) is 1.15. The van der Waals surface area contributed by atoms with Crippen molar-refractivity contribution in [2.75, 3.05) is 13.1 Å². The fraction of sp³-hybridized carbons (Fsp3) is 0.368. The van der Waals surface area contributed by atoms with Crippen molar-refractivity contribution >= 4 is 15.9 Å². The van der Waals surface area contributed by atoms with Crippen LogP contribution in [0.4, 0.5) is 0 Å². The van der Waals surface area contributed by atoms with Gasteiger partial charge in [0.05, 0.1) is 29.3 Å². The first kappa shape index (κ1) is 19.5. The smallest absolute Gasteiger partial charge is 0.251 e. The summed E-state index contributed by atoms with van der Waals surface area (Å²) in [5.74, 6) is -0.279. The topological polar surface area (TPSA) is 88.6 Å². The van der Waals surface area contributed by atoms with Gasteiger partial charge in [-0.2, -0.15) is 4.31 Å². The third-order valence-corrected chi connectivity index (χ3v) is 6.14. The number of benzene rings is 1. The average molecular weight is 389 g/mol. The van der Waals surface area contributed by atoms with Crippen molar-refractivity contribution in [3.8, 4) is 0 Å². The van der Waals surface area contributed by atoms with Crippen molar-refractivity contribution in [2.24, 2.45) is 0 Å². The summed E-state index contributed by atoms with van der Waals surface area (Å²) in [6.07, 6.45) is 1.36. The lowest BCUT2D eigenvalue weighted by molar-refractivity contribution is -0.0440. The molecule has 1 fully saturated rings. The van der Waals surface area contributed by atoms with Crippen molar-refractivity contribution in [1.29, 1.82) is 0 Å². The van der Waals surface area contributed by atoms with Gasteiger partial charge in [0.1, 0.15) is 0 Å². The van der Waals surface area contributed by atoms with Crippen LogP contribution in [0.15, 0.2) is 53.6 Å². The van der Waals surface area contributed by atoms with Gasteiger partial charge in [-0.25, -0.2) is 8.42 Å². The van der Waals surface area contributed by atoms with E-state index in [-0.39, 0.29) is 23.0 Å². The quantitative estimate of drug-likeness (QED) is 0.843. The largest absolute Gasteiger partial charge is 0.373 e. The molecule has 1 N–H and O–H groups in total. The normalized spacial score (nSPS) is 21.0. The number of nitrogens with zero attached hydrogens (tertiary/aromatic N) is 2. The SMILES string of the molecule is C[C@H]1CN(S(=O)(=O)c2ccc(C(=O)NCc3ccccn3)cc2)C[C@H](C)O1. The second-order valence-corrected chi connectivity index (χ2v) is 8.55. The van der Waals surface area contributed by atoms with E-state index in [0.717, 1.165) is 5.69 Å². The number of pyridine rings is 1. The summed E-state index contributed by atoms with van der Waals surface area (Å²) in [6.45, 7) is 4.65. The maximum atomic E-state index is 12.8. The van der Waals surface area contributed by atoms with Gasteiger partial charge in [0.2, 0.25) is 10.0 Å². The van der Waals surface area contributed by atoms with Crippen molar-refractivity contribution in [1.82, 2.24) is 14.6 Å². The Bertz CT molecular complexity index is 875. The summed E-state index contributed by atoms with van der Waals surface area (Å²) >= 11 is 0. The zero-order valence-electron chi connectivity index (χ0n) is 15.3. The number of amides is 1. The van der Waals surface area contributed by atoms with Gasteiger partial charge in [-0.3, -0.25) is 9.78 Å². The van der Waals surface area contributed by atoms with E-state index in [1.807, 2.05) is 26.0 Å². The highest BCUT2D eigenvalue weighted by molar-refractivity contribution is 7.89. The number of sulfonamides is 1. The number of aromatic nitrogens is 1. The number of hydrogen-bond donors (Lipinski definition) is 1. The number of nitrogens with one attached hydrogen (secondary N) is 1. The van der Waals surface area contributed by atoms with Crippen LogP contribution in [0, 0.1) is 0 Å². The molecule has 1 aromatic heterocycles. The minimum Gasteiger partial charge on any atom is -0.373 e. The summed E-state index contributed by atoms with van der Waals surface area (Å²) in [7, 11) is -3.61. The molecular formula is C19H23N3O4S. The molecule has 0 spiro atoms. The average Bonchev–Trinajstić information content (AvgIpc) is 2.66. The van der Waals surface area contributed by atoms with Crippen LogP contribution >= 0.6 is 0 Å². The van der Waals surface area contributed by atoms with Crippen LogP contribution in [-0.4, -0.2) is 48.9 Å². The minimum absolute atomic E-state index is 0.153. The number of carbonyl (C=O) groups is 1. The van der Waals surface area contributed by atoms with Gasteiger partial charge < -0.3 is 10.1 Å². The van der Waals surface area contributed by atoms with Crippen LogP contribution in [0.3, 0.4) is 0 Å². The molecule has 144 valence electrons. The molecule has 0 saturated carbocycles. The van der Waals surface area contributed by atoms with E-state index in [9.17, 15) is 13.2 Å². The Kier molecular flexibility index (Phi) is 5.88. The second kappa shape index (κ2) is 8.16. The van der Waals surface area contributed by atoms with E-state index >= 15 is 0 Å². The molecule has 27 heavy (non-hydrogen) atoms. The molecule has 0 radical (unpaired) electrons. The molecule has 1 saturated heterocycles. The first-order chi connectivity index (χ1) is 12.9. The highest BCUT2D eigenvalue weighted by Crippen LogP contribution is 2.21. The molecule has 3 rings (SSSR count). The van der Waals surface area contributed by atoms with Crippen LogP contribution in [-0.2, 0) is 21.3 Å². The Hall–Kier alpha value is -2.29. The molecule has 0 aliphatic carbocycles. The standard InChI is InChI=1S/C19H23N3O4S/c1-14-12-22(13-15(2)26-14)27(24,25)18-8-6-16(7-9-18)19(23)21-11-17-5-3-4-10-20-17/h3-10,14-15H,11-13H2,1-2H3,(H,21,23)/t14-,15-/m0/s1. The number of morpholine rings is 1. The highest BCUT2D eigenvalue weighted by Gasteiger charge is 2.32. The van der Waals surface area contributed by atoms with E-state index in [1.54, 1.807) is 12.3 Å². The Balaban J connectivity index is 1.68. The fourth-order valence-electron chi connectivity index (χ4n) is 3.03. The van der Waals surface area contributed by atoms with Gasteiger partial charge in [-0.05, 0) is 50.2 Å². The summed E-state index contributed by atoms with van der Waals surface area (Å²) in [4.78, 5) is 16.6. The number of rotatable bonds is 5. The van der Waals surface area contributed by atoms with Crippen molar-refractivity contribution in [2.45, 2.75) is 37.5 Å². The van der Waals surface area contributed by atoms with Gasteiger partial charge in [0.25, 0.3) is 5.91 Å². The lowest BCUT2D eigenvalue weighted by atomic mass is 10.2. The van der Waals surface area contributed by atoms with Gasteiger partial charge >= 0.3 is 0 Å². The summed E-state index contributed by atoms with van der Waals surface area (Å²) in [6, 6.07) is 11.5. The third-order valence-electron chi connectivity index (χ3n) is 4.30. The fourth-order valence-corrected chi connectivity index (χ4v) is 4.62. The molecule has 7 nitrogen and oxygen atoms in total. The maximum absolute atomic E-state index is 12.8. The molecule has 0 unspecified atom stereocenters. The van der Waals surface area contributed by atoms with E-state index in [4.69, 9.17) is 4.74 Å². The predicted molar refractivity (Wildman–Crippen MR) is 101 cm³/mol. The van der Waals surface area contributed by atoms with Crippen LogP contribution < -0.4 is 5.32 Å². The zero-order valence-corrected chi connectivity index (χ0v) is 16.1. The van der Waals surface area contributed by atoms with E-state index < -0.39 is 10.0 Å². The second-order valence-electron chi connectivity index (χ2n) is 6.61. The molecule has 0 bridgehead atoms. The molecule has 1 aliphatic heterocycles. The molecule has 1 amide bonds. The highest BCUT2D eigenvalue weighted by atomic mass is 32.2. The zero-order chi connectivity index (χ0) is 19.4. The van der Waals surface area contributed by atoms with E-state index in [2.05, 4.69) is 10.3 Å². The lowest BCUT2D eigenvalue weighted by Gasteiger charge is -2.34. The van der Waals surface area contributed by atoms with Crippen LogP contribution in [0.2, 0.25) is 0 Å². The number of ether oxygens (including phenoxy) is 1. The molecule has 2 heterocycles. The molecular weight excluding hydrogens is 366 g/mol. The molecule has 8 heteroatoms. The Morgan fingerprint density at radius 3 is 2.41 bits per heavy atom. The number of carbonyl (C=O) groups excluding carboxylic acids is 1. The molecule has 1 aromatic carbocycles. The van der Waals surface area contributed by atoms with Gasteiger partial charge in [0, 0.05) is 24.8 Å². The third kappa shape index (κ3) is 4.71. The first-order valence-electron chi connectivity index (χ1n) is 8.80. The Morgan fingerprint density at radius 2 is 1.81 bits per heavy atom. The maximum Gasteiger partial charge on any atom is 0.251 e. The predicted octanol–water partition coefficient (Wildman–Crippen LogP) is 1.81. The monoisotopic (exact) mass is 389 g/mol. The van der Waals surface area contributed by atoms with E-state index in [1.165, 1.54) is 28.6 Å². The van der Waals surface area contributed by atoms with Crippen LogP contribution in [0.25, 0.3) is 0 Å². The molecule has 2 atom stereocenters. The molecule has 2 aromatic rings.